The van der Waals surface area contributed by atoms with Gasteiger partial charge in [0.1, 0.15) is 11.6 Å². The van der Waals surface area contributed by atoms with Gasteiger partial charge in [-0.05, 0) is 30.3 Å². The normalized spacial score (nSPS) is 11.2. The minimum absolute atomic E-state index is 0.00657. The van der Waals surface area contributed by atoms with Crippen LogP contribution in [0.15, 0.2) is 36.4 Å². The van der Waals surface area contributed by atoms with Gasteiger partial charge in [0.05, 0.1) is 5.56 Å². The average molecular weight is 302 g/mol. The number of aromatic nitrogens is 1. The van der Waals surface area contributed by atoms with Crippen molar-refractivity contribution in [1.82, 2.24) is 4.98 Å². The number of pyridine rings is 1. The molecule has 2 N–H and O–H groups in total. The zero-order chi connectivity index (χ0) is 14.8. The van der Waals surface area contributed by atoms with Crippen molar-refractivity contribution in [3.05, 3.63) is 47.0 Å². The fourth-order valence-corrected chi connectivity index (χ4v) is 1.85. The molecule has 20 heavy (non-hydrogen) atoms. The smallest absolute Gasteiger partial charge is 0.373 e. The first-order valence-electron chi connectivity index (χ1n) is 5.68. The summed E-state index contributed by atoms with van der Waals surface area (Å²) in [6.45, 7) is 0. The largest absolute Gasteiger partial charge is 0.416 e. The van der Waals surface area contributed by atoms with E-state index in [1.54, 1.807) is 25.2 Å². The van der Waals surface area contributed by atoms with Gasteiger partial charge in [0.15, 0.2) is 0 Å². The van der Waals surface area contributed by atoms with Gasteiger partial charge >= 0.3 is 6.18 Å². The molecule has 0 saturated carbocycles. The molecule has 2 rings (SSSR count). The third kappa shape index (κ3) is 3.54. The summed E-state index contributed by atoms with van der Waals surface area (Å²) in [6.07, 6.45) is -4.44. The van der Waals surface area contributed by atoms with Gasteiger partial charge in [-0.15, -0.1) is 0 Å². The Morgan fingerprint density at radius 3 is 2.45 bits per heavy atom. The van der Waals surface area contributed by atoms with Crippen molar-refractivity contribution in [2.24, 2.45) is 0 Å². The van der Waals surface area contributed by atoms with E-state index in [-0.39, 0.29) is 10.7 Å². The third-order valence-electron chi connectivity index (χ3n) is 2.50. The Hall–Kier alpha value is -1.95. The summed E-state index contributed by atoms with van der Waals surface area (Å²) in [5.74, 6) is 1.03. The molecule has 1 heterocycles. The highest BCUT2D eigenvalue weighted by Crippen LogP contribution is 2.33. The van der Waals surface area contributed by atoms with Crippen molar-refractivity contribution < 1.29 is 13.2 Å². The first kappa shape index (κ1) is 14.5. The maximum atomic E-state index is 12.7. The van der Waals surface area contributed by atoms with E-state index in [1.165, 1.54) is 6.07 Å². The molecule has 1 aromatic carbocycles. The van der Waals surface area contributed by atoms with Crippen LogP contribution in [0.3, 0.4) is 0 Å². The predicted octanol–water partition coefficient (Wildman–Crippen LogP) is 4.54. The lowest BCUT2D eigenvalue weighted by molar-refractivity contribution is -0.137. The van der Waals surface area contributed by atoms with Crippen molar-refractivity contribution >= 4 is 28.9 Å². The second kappa shape index (κ2) is 5.58. The SMILES string of the molecule is CNc1cccc(Nc2cc(Cl)cc(C(F)(F)F)c2)n1. The second-order valence-corrected chi connectivity index (χ2v) is 4.45. The number of benzene rings is 1. The molecule has 0 saturated heterocycles. The van der Waals surface area contributed by atoms with Crippen LogP contribution in [0.25, 0.3) is 0 Å². The Kier molecular flexibility index (Phi) is 4.04. The lowest BCUT2D eigenvalue weighted by atomic mass is 10.2. The number of hydrogen-bond donors (Lipinski definition) is 2. The van der Waals surface area contributed by atoms with Gasteiger partial charge in [-0.1, -0.05) is 17.7 Å². The van der Waals surface area contributed by atoms with E-state index >= 15 is 0 Å². The van der Waals surface area contributed by atoms with Crippen molar-refractivity contribution in [1.29, 1.82) is 0 Å². The number of rotatable bonds is 3. The fourth-order valence-electron chi connectivity index (χ4n) is 1.62. The van der Waals surface area contributed by atoms with E-state index in [1.807, 2.05) is 0 Å². The van der Waals surface area contributed by atoms with Gasteiger partial charge < -0.3 is 10.6 Å². The predicted molar refractivity (Wildman–Crippen MR) is 73.5 cm³/mol. The van der Waals surface area contributed by atoms with Gasteiger partial charge in [-0.25, -0.2) is 4.98 Å². The van der Waals surface area contributed by atoms with Gasteiger partial charge in [0.2, 0.25) is 0 Å². The van der Waals surface area contributed by atoms with Crippen LogP contribution in [-0.4, -0.2) is 12.0 Å². The standard InChI is InChI=1S/C13H11ClF3N3/c1-18-11-3-2-4-12(20-11)19-10-6-8(13(15,16)17)5-9(14)7-10/h2-7H,1H3,(H2,18,19,20). The van der Waals surface area contributed by atoms with E-state index in [4.69, 9.17) is 11.6 Å². The molecule has 2 aromatic rings. The highest BCUT2D eigenvalue weighted by atomic mass is 35.5. The van der Waals surface area contributed by atoms with E-state index in [9.17, 15) is 13.2 Å². The molecule has 0 spiro atoms. The minimum atomic E-state index is -4.44. The molecule has 0 amide bonds. The summed E-state index contributed by atoms with van der Waals surface area (Å²) >= 11 is 5.71. The number of hydrogen-bond acceptors (Lipinski definition) is 3. The number of nitrogens with zero attached hydrogens (tertiary/aromatic N) is 1. The maximum Gasteiger partial charge on any atom is 0.416 e. The van der Waals surface area contributed by atoms with Gasteiger partial charge in [-0.2, -0.15) is 13.2 Å². The monoisotopic (exact) mass is 301 g/mol. The summed E-state index contributed by atoms with van der Waals surface area (Å²) in [7, 11) is 1.70. The van der Waals surface area contributed by atoms with Gasteiger partial charge in [0, 0.05) is 17.8 Å². The van der Waals surface area contributed by atoms with Crippen LogP contribution >= 0.6 is 11.6 Å². The highest BCUT2D eigenvalue weighted by molar-refractivity contribution is 6.31. The van der Waals surface area contributed by atoms with Crippen LogP contribution in [-0.2, 0) is 6.18 Å². The molecular weight excluding hydrogens is 291 g/mol. The number of anilines is 3. The van der Waals surface area contributed by atoms with Crippen LogP contribution < -0.4 is 10.6 Å². The molecule has 0 aliphatic rings. The Labute approximate surface area is 118 Å². The first-order valence-corrected chi connectivity index (χ1v) is 6.06. The van der Waals surface area contributed by atoms with Crippen LogP contribution in [0, 0.1) is 0 Å². The summed E-state index contributed by atoms with van der Waals surface area (Å²) in [6, 6.07) is 8.39. The Bertz CT molecular complexity index is 614. The summed E-state index contributed by atoms with van der Waals surface area (Å²) in [5, 5.41) is 5.65. The van der Waals surface area contributed by atoms with E-state index in [0.717, 1.165) is 12.1 Å². The summed E-state index contributed by atoms with van der Waals surface area (Å²) in [5.41, 5.74) is -0.581. The zero-order valence-corrected chi connectivity index (χ0v) is 11.2. The molecule has 0 aliphatic carbocycles. The quantitative estimate of drug-likeness (QED) is 0.874. The number of alkyl halides is 3. The van der Waals surface area contributed by atoms with Crippen LogP contribution in [0.5, 0.6) is 0 Å². The van der Waals surface area contributed by atoms with Gasteiger partial charge in [0.25, 0.3) is 0 Å². The third-order valence-corrected chi connectivity index (χ3v) is 2.72. The van der Waals surface area contributed by atoms with E-state index in [0.29, 0.717) is 11.6 Å². The number of nitrogens with one attached hydrogen (secondary N) is 2. The first-order chi connectivity index (χ1) is 9.38. The maximum absolute atomic E-state index is 12.7. The molecule has 0 aliphatic heterocycles. The molecule has 7 heteroatoms. The molecule has 0 unspecified atom stereocenters. The van der Waals surface area contributed by atoms with Crippen LogP contribution in [0.1, 0.15) is 5.56 Å². The lowest BCUT2D eigenvalue weighted by Crippen LogP contribution is -2.06. The van der Waals surface area contributed by atoms with E-state index < -0.39 is 11.7 Å². The molecule has 1 aromatic heterocycles. The topological polar surface area (TPSA) is 37.0 Å². The Morgan fingerprint density at radius 1 is 1.10 bits per heavy atom. The van der Waals surface area contributed by atoms with Crippen molar-refractivity contribution in [3.63, 3.8) is 0 Å². The Balaban J connectivity index is 2.31. The van der Waals surface area contributed by atoms with Crippen molar-refractivity contribution in [3.8, 4) is 0 Å². The summed E-state index contributed by atoms with van der Waals surface area (Å²) in [4.78, 5) is 4.16. The molecule has 0 bridgehead atoms. The fraction of sp³-hybridized carbons (Fsp3) is 0.154. The number of halogens is 4. The van der Waals surface area contributed by atoms with Gasteiger partial charge in [-0.3, -0.25) is 0 Å². The molecule has 106 valence electrons. The lowest BCUT2D eigenvalue weighted by Gasteiger charge is -2.11. The summed E-state index contributed by atoms with van der Waals surface area (Å²) < 4.78 is 38.1. The molecule has 3 nitrogen and oxygen atoms in total. The van der Waals surface area contributed by atoms with Crippen molar-refractivity contribution in [2.45, 2.75) is 6.18 Å². The molecule has 0 atom stereocenters. The minimum Gasteiger partial charge on any atom is -0.373 e. The average Bonchev–Trinajstić information content (AvgIpc) is 2.37. The van der Waals surface area contributed by atoms with E-state index in [2.05, 4.69) is 15.6 Å². The zero-order valence-electron chi connectivity index (χ0n) is 10.4. The molecular formula is C13H11ClF3N3. The van der Waals surface area contributed by atoms with Crippen LogP contribution in [0.4, 0.5) is 30.5 Å². The molecule has 0 radical (unpaired) electrons. The molecule has 0 fully saturated rings. The highest BCUT2D eigenvalue weighted by Gasteiger charge is 2.31. The second-order valence-electron chi connectivity index (χ2n) is 4.01. The van der Waals surface area contributed by atoms with Crippen LogP contribution in [0.2, 0.25) is 5.02 Å². The van der Waals surface area contributed by atoms with Crippen molar-refractivity contribution in [2.75, 3.05) is 17.7 Å². The Morgan fingerprint density at radius 2 is 1.80 bits per heavy atom.